The van der Waals surface area contributed by atoms with Crippen LogP contribution < -0.4 is 5.73 Å². The standard InChI is InChI=1S/C11H16N2OS.ClH/c1-13(8-9-4-2-7-15-9)10(14)11(12)5-3-6-11;/h2,4,7H,3,5-6,8,12H2,1H3;1H. The first-order valence-electron chi connectivity index (χ1n) is 5.19. The predicted octanol–water partition coefficient (Wildman–Crippen LogP) is 2.01. The minimum atomic E-state index is -0.563. The van der Waals surface area contributed by atoms with Gasteiger partial charge >= 0.3 is 0 Å². The fraction of sp³-hybridized carbons (Fsp3) is 0.545. The smallest absolute Gasteiger partial charge is 0.242 e. The van der Waals surface area contributed by atoms with Gasteiger partial charge in [-0.3, -0.25) is 4.79 Å². The molecule has 0 unspecified atom stereocenters. The summed E-state index contributed by atoms with van der Waals surface area (Å²) in [7, 11) is 1.83. The van der Waals surface area contributed by atoms with Crippen LogP contribution >= 0.6 is 23.7 Å². The van der Waals surface area contributed by atoms with Crippen LogP contribution in [0.1, 0.15) is 24.1 Å². The Balaban J connectivity index is 0.00000128. The van der Waals surface area contributed by atoms with E-state index in [4.69, 9.17) is 5.73 Å². The predicted molar refractivity (Wildman–Crippen MR) is 68.8 cm³/mol. The Morgan fingerprint density at radius 2 is 2.31 bits per heavy atom. The van der Waals surface area contributed by atoms with Crippen LogP contribution in [0.25, 0.3) is 0 Å². The molecule has 1 saturated carbocycles. The number of hydrogen-bond acceptors (Lipinski definition) is 3. The van der Waals surface area contributed by atoms with E-state index in [0.29, 0.717) is 6.54 Å². The highest BCUT2D eigenvalue weighted by Gasteiger charge is 2.41. The van der Waals surface area contributed by atoms with Crippen molar-refractivity contribution in [1.29, 1.82) is 0 Å². The van der Waals surface area contributed by atoms with Gasteiger partial charge in [0.1, 0.15) is 0 Å². The van der Waals surface area contributed by atoms with Gasteiger partial charge in [-0.1, -0.05) is 6.07 Å². The van der Waals surface area contributed by atoms with Crippen molar-refractivity contribution in [2.24, 2.45) is 5.73 Å². The minimum Gasteiger partial charge on any atom is -0.339 e. The third kappa shape index (κ3) is 2.56. The monoisotopic (exact) mass is 260 g/mol. The molecule has 1 heterocycles. The van der Waals surface area contributed by atoms with E-state index in [1.54, 1.807) is 16.2 Å². The zero-order chi connectivity index (χ0) is 10.9. The molecule has 0 aromatic carbocycles. The van der Waals surface area contributed by atoms with E-state index in [2.05, 4.69) is 0 Å². The highest BCUT2D eigenvalue weighted by atomic mass is 35.5. The molecule has 5 heteroatoms. The molecule has 1 fully saturated rings. The molecule has 90 valence electrons. The Bertz CT molecular complexity index is 349. The molecule has 16 heavy (non-hydrogen) atoms. The van der Waals surface area contributed by atoms with Gasteiger partial charge in [0, 0.05) is 11.9 Å². The Morgan fingerprint density at radius 1 is 1.62 bits per heavy atom. The first-order chi connectivity index (χ1) is 7.12. The van der Waals surface area contributed by atoms with Crippen LogP contribution in [0.2, 0.25) is 0 Å². The molecule has 1 aliphatic carbocycles. The number of hydrogen-bond donors (Lipinski definition) is 1. The number of nitrogens with two attached hydrogens (primary N) is 1. The molecule has 3 nitrogen and oxygen atoms in total. The number of carbonyl (C=O) groups excluding carboxylic acids is 1. The van der Waals surface area contributed by atoms with Gasteiger partial charge in [-0.15, -0.1) is 23.7 Å². The molecule has 2 rings (SSSR count). The van der Waals surface area contributed by atoms with Gasteiger partial charge in [-0.2, -0.15) is 0 Å². The molecule has 0 atom stereocenters. The molecular weight excluding hydrogens is 244 g/mol. The van der Waals surface area contributed by atoms with Crippen LogP contribution in [0.3, 0.4) is 0 Å². The molecule has 1 aromatic heterocycles. The van der Waals surface area contributed by atoms with Gasteiger partial charge in [0.2, 0.25) is 5.91 Å². The summed E-state index contributed by atoms with van der Waals surface area (Å²) in [6.45, 7) is 0.676. The number of thiophene rings is 1. The van der Waals surface area contributed by atoms with Crippen molar-refractivity contribution in [3.63, 3.8) is 0 Å². The van der Waals surface area contributed by atoms with Crippen molar-refractivity contribution in [1.82, 2.24) is 4.90 Å². The Labute approximate surface area is 106 Å². The van der Waals surface area contributed by atoms with Gasteiger partial charge in [-0.25, -0.2) is 0 Å². The molecule has 0 aliphatic heterocycles. The lowest BCUT2D eigenvalue weighted by molar-refractivity contribution is -0.139. The van der Waals surface area contributed by atoms with Gasteiger partial charge in [0.05, 0.1) is 12.1 Å². The molecule has 0 bridgehead atoms. The minimum absolute atomic E-state index is 0. The molecule has 1 aromatic rings. The zero-order valence-electron chi connectivity index (χ0n) is 9.31. The number of carbonyl (C=O) groups is 1. The molecule has 1 amide bonds. The fourth-order valence-electron chi connectivity index (χ4n) is 1.86. The van der Waals surface area contributed by atoms with Crippen molar-refractivity contribution in [3.8, 4) is 0 Å². The maximum absolute atomic E-state index is 12.0. The van der Waals surface area contributed by atoms with E-state index in [9.17, 15) is 4.79 Å². The summed E-state index contributed by atoms with van der Waals surface area (Å²) in [6.07, 6.45) is 2.75. The second-order valence-electron chi connectivity index (χ2n) is 4.25. The maximum atomic E-state index is 12.0. The summed E-state index contributed by atoms with van der Waals surface area (Å²) in [4.78, 5) is 14.9. The van der Waals surface area contributed by atoms with Gasteiger partial charge < -0.3 is 10.6 Å². The molecule has 0 saturated heterocycles. The number of halogens is 1. The summed E-state index contributed by atoms with van der Waals surface area (Å²) in [6, 6.07) is 4.04. The average Bonchev–Trinajstić information content (AvgIpc) is 2.65. The lowest BCUT2D eigenvalue weighted by atomic mass is 9.76. The summed E-state index contributed by atoms with van der Waals surface area (Å²) in [5.74, 6) is 0.0853. The molecule has 1 aliphatic rings. The van der Waals surface area contributed by atoms with Crippen LogP contribution in [0.4, 0.5) is 0 Å². The third-order valence-corrected chi connectivity index (χ3v) is 3.85. The second kappa shape index (κ2) is 5.17. The van der Waals surface area contributed by atoms with Crippen molar-refractivity contribution < 1.29 is 4.79 Å². The Hall–Kier alpha value is -0.580. The van der Waals surface area contributed by atoms with Crippen molar-refractivity contribution in [2.45, 2.75) is 31.3 Å². The Morgan fingerprint density at radius 3 is 2.75 bits per heavy atom. The summed E-state index contributed by atoms with van der Waals surface area (Å²) < 4.78 is 0. The summed E-state index contributed by atoms with van der Waals surface area (Å²) in [5, 5.41) is 2.02. The van der Waals surface area contributed by atoms with Gasteiger partial charge in [0.25, 0.3) is 0 Å². The number of amides is 1. The lowest BCUT2D eigenvalue weighted by Crippen LogP contribution is -2.58. The quantitative estimate of drug-likeness (QED) is 0.904. The van der Waals surface area contributed by atoms with Crippen LogP contribution in [-0.2, 0) is 11.3 Å². The third-order valence-electron chi connectivity index (χ3n) is 2.99. The van der Waals surface area contributed by atoms with Crippen LogP contribution in [-0.4, -0.2) is 23.4 Å². The molecule has 0 spiro atoms. The Kier molecular flexibility index (Phi) is 4.35. The zero-order valence-corrected chi connectivity index (χ0v) is 10.9. The van der Waals surface area contributed by atoms with Crippen LogP contribution in [0.15, 0.2) is 17.5 Å². The highest BCUT2D eigenvalue weighted by Crippen LogP contribution is 2.31. The van der Waals surface area contributed by atoms with Gasteiger partial charge in [0.15, 0.2) is 0 Å². The first-order valence-corrected chi connectivity index (χ1v) is 6.07. The number of rotatable bonds is 3. The number of likely N-dealkylation sites (N-methyl/N-ethyl adjacent to an activating group) is 1. The second-order valence-corrected chi connectivity index (χ2v) is 5.28. The van der Waals surface area contributed by atoms with Crippen LogP contribution in [0, 0.1) is 0 Å². The molecule has 2 N–H and O–H groups in total. The maximum Gasteiger partial charge on any atom is 0.242 e. The SMILES string of the molecule is CN(Cc1cccs1)C(=O)C1(N)CCC1.Cl. The largest absolute Gasteiger partial charge is 0.339 e. The fourth-order valence-corrected chi connectivity index (χ4v) is 2.62. The van der Waals surface area contributed by atoms with E-state index in [1.807, 2.05) is 24.6 Å². The average molecular weight is 261 g/mol. The van der Waals surface area contributed by atoms with E-state index in [-0.39, 0.29) is 18.3 Å². The van der Waals surface area contributed by atoms with Gasteiger partial charge in [-0.05, 0) is 30.7 Å². The molecular formula is C11H17ClN2OS. The lowest BCUT2D eigenvalue weighted by Gasteiger charge is -2.39. The highest BCUT2D eigenvalue weighted by molar-refractivity contribution is 7.09. The van der Waals surface area contributed by atoms with E-state index in [0.717, 1.165) is 19.3 Å². The normalized spacial score (nSPS) is 17.1. The topological polar surface area (TPSA) is 46.3 Å². The number of nitrogens with zero attached hydrogens (tertiary/aromatic N) is 1. The summed E-state index contributed by atoms with van der Waals surface area (Å²) >= 11 is 1.67. The van der Waals surface area contributed by atoms with Crippen LogP contribution in [0.5, 0.6) is 0 Å². The van der Waals surface area contributed by atoms with E-state index < -0.39 is 5.54 Å². The molecule has 0 radical (unpaired) electrons. The first kappa shape index (κ1) is 13.5. The van der Waals surface area contributed by atoms with E-state index >= 15 is 0 Å². The van der Waals surface area contributed by atoms with Crippen molar-refractivity contribution >= 4 is 29.7 Å². The van der Waals surface area contributed by atoms with Crippen molar-refractivity contribution in [3.05, 3.63) is 22.4 Å². The summed E-state index contributed by atoms with van der Waals surface area (Å²) in [5.41, 5.74) is 5.42. The van der Waals surface area contributed by atoms with E-state index in [1.165, 1.54) is 4.88 Å². The van der Waals surface area contributed by atoms with Crippen molar-refractivity contribution in [2.75, 3.05) is 7.05 Å².